The lowest BCUT2D eigenvalue weighted by Gasteiger charge is -2.21. The van der Waals surface area contributed by atoms with E-state index in [1.54, 1.807) is 46.9 Å². The first kappa shape index (κ1) is 23.1. The van der Waals surface area contributed by atoms with Gasteiger partial charge in [0.05, 0.1) is 28.5 Å². The molecule has 0 fully saturated rings. The van der Waals surface area contributed by atoms with Crippen molar-refractivity contribution >= 4 is 57.2 Å². The molecule has 0 aliphatic carbocycles. The van der Waals surface area contributed by atoms with Crippen molar-refractivity contribution in [2.24, 2.45) is 0 Å². The molecule has 0 aliphatic heterocycles. The van der Waals surface area contributed by atoms with Gasteiger partial charge in [-0.25, -0.2) is 4.98 Å². The highest BCUT2D eigenvalue weighted by atomic mass is 35.5. The van der Waals surface area contributed by atoms with Crippen molar-refractivity contribution < 1.29 is 14.0 Å². The molecule has 3 rings (SSSR count). The number of carbonyl (C=O) groups excluding carboxylic acids is 2. The summed E-state index contributed by atoms with van der Waals surface area (Å²) in [6.45, 7) is 4.25. The van der Waals surface area contributed by atoms with Crippen LogP contribution in [0.2, 0.25) is 10.0 Å². The molecule has 2 N–H and O–H groups in total. The van der Waals surface area contributed by atoms with Gasteiger partial charge in [0.2, 0.25) is 5.91 Å². The van der Waals surface area contributed by atoms with Gasteiger partial charge in [-0.05, 0) is 38.1 Å². The summed E-state index contributed by atoms with van der Waals surface area (Å²) < 4.78 is 5.38. The van der Waals surface area contributed by atoms with Crippen molar-refractivity contribution in [2.75, 3.05) is 11.9 Å². The number of aromatic nitrogens is 1. The average molecular weight is 481 g/mol. The number of nitrogens with zero attached hydrogens (tertiary/aromatic N) is 2. The summed E-state index contributed by atoms with van der Waals surface area (Å²) in [7, 11) is 0. The Balaban J connectivity index is 1.72. The Bertz CT molecular complexity index is 1040. The van der Waals surface area contributed by atoms with Crippen molar-refractivity contribution in [3.05, 3.63) is 63.5 Å². The minimum Gasteiger partial charge on any atom is -0.467 e. The van der Waals surface area contributed by atoms with E-state index in [1.807, 2.05) is 13.8 Å². The Morgan fingerprint density at radius 1 is 1.23 bits per heavy atom. The summed E-state index contributed by atoms with van der Waals surface area (Å²) in [5, 5.41) is 8.87. The SMILES string of the molecule is CC(C)NC(=O)CCN(Cc1ccco1)C(=O)c1csc(Nc2cccc(Cl)c2Cl)n1. The quantitative estimate of drug-likeness (QED) is 0.431. The minimum absolute atomic E-state index is 0.0345. The van der Waals surface area contributed by atoms with Crippen molar-refractivity contribution in [3.8, 4) is 0 Å². The van der Waals surface area contributed by atoms with E-state index < -0.39 is 0 Å². The first-order valence-electron chi connectivity index (χ1n) is 9.61. The number of hydrogen-bond acceptors (Lipinski definition) is 6. The molecule has 0 atom stereocenters. The molecule has 0 aliphatic rings. The van der Waals surface area contributed by atoms with E-state index in [2.05, 4.69) is 15.6 Å². The van der Waals surface area contributed by atoms with Crippen molar-refractivity contribution in [2.45, 2.75) is 32.9 Å². The van der Waals surface area contributed by atoms with Crippen LogP contribution in [0.15, 0.2) is 46.4 Å². The zero-order valence-electron chi connectivity index (χ0n) is 17.0. The van der Waals surface area contributed by atoms with Crippen LogP contribution in [0, 0.1) is 0 Å². The lowest BCUT2D eigenvalue weighted by atomic mass is 10.2. The van der Waals surface area contributed by atoms with Gasteiger partial charge >= 0.3 is 0 Å². The predicted octanol–water partition coefficient (Wildman–Crippen LogP) is 5.34. The fourth-order valence-electron chi connectivity index (χ4n) is 2.78. The number of furan rings is 1. The molecule has 2 heterocycles. The van der Waals surface area contributed by atoms with Crippen LogP contribution in [-0.4, -0.2) is 34.3 Å². The lowest BCUT2D eigenvalue weighted by Crippen LogP contribution is -2.36. The first-order chi connectivity index (χ1) is 14.8. The van der Waals surface area contributed by atoms with Crippen molar-refractivity contribution in [3.63, 3.8) is 0 Å². The number of carbonyl (C=O) groups is 2. The zero-order chi connectivity index (χ0) is 22.4. The fourth-order valence-corrected chi connectivity index (χ4v) is 3.83. The molecule has 7 nitrogen and oxygen atoms in total. The van der Waals surface area contributed by atoms with Gasteiger partial charge < -0.3 is 20.0 Å². The molecule has 0 radical (unpaired) electrons. The molecule has 31 heavy (non-hydrogen) atoms. The van der Waals surface area contributed by atoms with Crippen LogP contribution >= 0.6 is 34.5 Å². The van der Waals surface area contributed by atoms with Crippen LogP contribution in [0.25, 0.3) is 0 Å². The first-order valence-corrected chi connectivity index (χ1v) is 11.2. The Labute approximate surface area is 194 Å². The van der Waals surface area contributed by atoms with Crippen LogP contribution in [-0.2, 0) is 11.3 Å². The van der Waals surface area contributed by atoms with Gasteiger partial charge in [0.1, 0.15) is 11.5 Å². The second kappa shape index (κ2) is 10.7. The third kappa shape index (κ3) is 6.46. The molecular weight excluding hydrogens is 459 g/mol. The molecule has 0 bridgehead atoms. The number of thiazole rings is 1. The van der Waals surface area contributed by atoms with Crippen LogP contribution in [0.1, 0.15) is 36.5 Å². The molecule has 0 unspecified atom stereocenters. The van der Waals surface area contributed by atoms with E-state index >= 15 is 0 Å². The highest BCUT2D eigenvalue weighted by Gasteiger charge is 2.21. The molecule has 3 aromatic rings. The Morgan fingerprint density at radius 3 is 2.74 bits per heavy atom. The predicted molar refractivity (Wildman–Crippen MR) is 123 cm³/mol. The van der Waals surface area contributed by atoms with E-state index in [-0.39, 0.29) is 43.1 Å². The van der Waals surface area contributed by atoms with Gasteiger partial charge in [0, 0.05) is 24.4 Å². The fraction of sp³-hybridized carbons (Fsp3) is 0.286. The number of anilines is 2. The highest BCUT2D eigenvalue weighted by molar-refractivity contribution is 7.14. The zero-order valence-corrected chi connectivity index (χ0v) is 19.4. The van der Waals surface area contributed by atoms with Crippen LogP contribution < -0.4 is 10.6 Å². The molecule has 0 saturated carbocycles. The van der Waals surface area contributed by atoms with Crippen LogP contribution in [0.5, 0.6) is 0 Å². The van der Waals surface area contributed by atoms with Gasteiger partial charge in [-0.15, -0.1) is 11.3 Å². The topological polar surface area (TPSA) is 87.5 Å². The van der Waals surface area contributed by atoms with Gasteiger partial charge in [0.25, 0.3) is 5.91 Å². The van der Waals surface area contributed by atoms with Gasteiger partial charge in [-0.3, -0.25) is 9.59 Å². The third-order valence-electron chi connectivity index (χ3n) is 4.19. The van der Waals surface area contributed by atoms with E-state index in [4.69, 9.17) is 27.6 Å². The molecule has 0 spiro atoms. The van der Waals surface area contributed by atoms with E-state index in [0.717, 1.165) is 0 Å². The maximum atomic E-state index is 13.1. The Morgan fingerprint density at radius 2 is 2.03 bits per heavy atom. The second-order valence-electron chi connectivity index (χ2n) is 7.04. The van der Waals surface area contributed by atoms with Gasteiger partial charge in [-0.2, -0.15) is 0 Å². The number of rotatable bonds is 9. The minimum atomic E-state index is -0.296. The molecular formula is C21H22Cl2N4O3S. The molecule has 164 valence electrons. The van der Waals surface area contributed by atoms with E-state index in [1.165, 1.54) is 11.3 Å². The summed E-state index contributed by atoms with van der Waals surface area (Å²) in [5.41, 5.74) is 0.863. The Kier molecular flexibility index (Phi) is 7.95. The summed E-state index contributed by atoms with van der Waals surface area (Å²) >= 11 is 13.5. The van der Waals surface area contributed by atoms with Gasteiger partial charge in [-0.1, -0.05) is 29.3 Å². The maximum Gasteiger partial charge on any atom is 0.273 e. The number of benzene rings is 1. The van der Waals surface area contributed by atoms with E-state index in [0.29, 0.717) is 26.6 Å². The highest BCUT2D eigenvalue weighted by Crippen LogP contribution is 2.32. The van der Waals surface area contributed by atoms with Crippen LogP contribution in [0.4, 0.5) is 10.8 Å². The summed E-state index contributed by atoms with van der Waals surface area (Å²) in [5.74, 6) is 0.204. The Hall–Kier alpha value is -2.55. The summed E-state index contributed by atoms with van der Waals surface area (Å²) in [4.78, 5) is 31.1. The third-order valence-corrected chi connectivity index (χ3v) is 5.77. The van der Waals surface area contributed by atoms with Crippen molar-refractivity contribution in [1.82, 2.24) is 15.2 Å². The largest absolute Gasteiger partial charge is 0.467 e. The smallest absolute Gasteiger partial charge is 0.273 e. The molecule has 10 heteroatoms. The van der Waals surface area contributed by atoms with E-state index in [9.17, 15) is 9.59 Å². The molecule has 1 aromatic carbocycles. The number of hydrogen-bond donors (Lipinski definition) is 2. The van der Waals surface area contributed by atoms with Crippen LogP contribution in [0.3, 0.4) is 0 Å². The summed E-state index contributed by atoms with van der Waals surface area (Å²) in [6, 6.07) is 8.80. The number of amides is 2. The van der Waals surface area contributed by atoms with Gasteiger partial charge in [0.15, 0.2) is 5.13 Å². The average Bonchev–Trinajstić information content (AvgIpc) is 3.40. The summed E-state index contributed by atoms with van der Waals surface area (Å²) in [6.07, 6.45) is 1.72. The molecule has 2 amide bonds. The van der Waals surface area contributed by atoms with Crippen molar-refractivity contribution in [1.29, 1.82) is 0 Å². The number of halogens is 2. The standard InChI is InChI=1S/C21H22Cl2N4O3S/c1-13(2)24-18(28)8-9-27(11-14-5-4-10-30-14)20(29)17-12-31-21(26-17)25-16-7-3-6-15(22)19(16)23/h3-7,10,12-13H,8-9,11H2,1-2H3,(H,24,28)(H,25,26). The lowest BCUT2D eigenvalue weighted by molar-refractivity contribution is -0.121. The normalized spacial score (nSPS) is 10.9. The molecule has 0 saturated heterocycles. The number of nitrogens with one attached hydrogen (secondary N) is 2. The molecule has 2 aromatic heterocycles. The maximum absolute atomic E-state index is 13.1. The second-order valence-corrected chi connectivity index (χ2v) is 8.69. The monoisotopic (exact) mass is 480 g/mol.